The third-order valence-corrected chi connectivity index (χ3v) is 5.30. The summed E-state index contributed by atoms with van der Waals surface area (Å²) in [6.07, 6.45) is 1.97. The smallest absolute Gasteiger partial charge is 0.252 e. The van der Waals surface area contributed by atoms with Gasteiger partial charge in [0.25, 0.3) is 5.91 Å². The fourth-order valence-corrected chi connectivity index (χ4v) is 4.11. The van der Waals surface area contributed by atoms with Gasteiger partial charge in [-0.3, -0.25) is 4.79 Å². The number of carbonyl (C=O) groups excluding carboxylic acids is 1. The standard InChI is InChI=1S/C18H27NO2S/c1-13(2)12-16(15-7-5-4-6-14(15)3)19-17(20)18(21)8-10-22-11-9-18/h4-7,13,16,21H,8-12H2,1-3H3,(H,19,20)/t16-/m1/s1. The van der Waals surface area contributed by atoms with Crippen LogP contribution in [-0.4, -0.2) is 28.1 Å². The first-order valence-electron chi connectivity index (χ1n) is 8.09. The molecule has 2 rings (SSSR count). The first-order chi connectivity index (χ1) is 10.4. The highest BCUT2D eigenvalue weighted by Gasteiger charge is 2.38. The van der Waals surface area contributed by atoms with Gasteiger partial charge in [0.15, 0.2) is 0 Å². The molecule has 3 nitrogen and oxygen atoms in total. The van der Waals surface area contributed by atoms with Crippen LogP contribution >= 0.6 is 11.8 Å². The lowest BCUT2D eigenvalue weighted by molar-refractivity contribution is -0.141. The minimum absolute atomic E-state index is 0.0349. The second kappa shape index (κ2) is 7.51. The van der Waals surface area contributed by atoms with E-state index in [0.29, 0.717) is 18.8 Å². The monoisotopic (exact) mass is 321 g/mol. The maximum absolute atomic E-state index is 12.6. The zero-order valence-corrected chi connectivity index (χ0v) is 14.6. The van der Waals surface area contributed by atoms with Crippen LogP contribution in [0.5, 0.6) is 0 Å². The summed E-state index contributed by atoms with van der Waals surface area (Å²) in [5.41, 5.74) is 1.14. The summed E-state index contributed by atoms with van der Waals surface area (Å²) >= 11 is 1.80. The summed E-state index contributed by atoms with van der Waals surface area (Å²) in [5, 5.41) is 13.7. The van der Waals surface area contributed by atoms with E-state index < -0.39 is 5.60 Å². The Bertz CT molecular complexity index is 510. The predicted octanol–water partition coefficient (Wildman–Crippen LogP) is 3.46. The van der Waals surface area contributed by atoms with E-state index in [-0.39, 0.29) is 11.9 Å². The number of benzene rings is 1. The Kier molecular flexibility index (Phi) is 5.93. The van der Waals surface area contributed by atoms with Crippen LogP contribution in [0, 0.1) is 12.8 Å². The van der Waals surface area contributed by atoms with Gasteiger partial charge in [-0.2, -0.15) is 11.8 Å². The maximum atomic E-state index is 12.6. The van der Waals surface area contributed by atoms with Crippen LogP contribution in [0.25, 0.3) is 0 Å². The largest absolute Gasteiger partial charge is 0.380 e. The quantitative estimate of drug-likeness (QED) is 0.873. The Balaban J connectivity index is 2.16. The van der Waals surface area contributed by atoms with Gasteiger partial charge in [0.1, 0.15) is 5.60 Å². The Labute approximate surface area is 137 Å². The van der Waals surface area contributed by atoms with Crippen molar-refractivity contribution in [2.24, 2.45) is 5.92 Å². The van der Waals surface area contributed by atoms with E-state index in [1.165, 1.54) is 5.56 Å². The molecule has 0 aromatic heterocycles. The van der Waals surface area contributed by atoms with Gasteiger partial charge in [-0.15, -0.1) is 0 Å². The minimum atomic E-state index is -1.19. The number of rotatable bonds is 5. The summed E-state index contributed by atoms with van der Waals surface area (Å²) in [4.78, 5) is 12.6. The van der Waals surface area contributed by atoms with Crippen LogP contribution in [0.2, 0.25) is 0 Å². The molecule has 122 valence electrons. The van der Waals surface area contributed by atoms with E-state index in [4.69, 9.17) is 0 Å². The van der Waals surface area contributed by atoms with Gasteiger partial charge in [-0.25, -0.2) is 0 Å². The van der Waals surface area contributed by atoms with E-state index in [1.807, 2.05) is 12.1 Å². The Hall–Kier alpha value is -1.000. The molecule has 1 aromatic carbocycles. The number of thioether (sulfide) groups is 1. The fourth-order valence-electron chi connectivity index (χ4n) is 2.94. The molecule has 1 heterocycles. The van der Waals surface area contributed by atoms with E-state index >= 15 is 0 Å². The van der Waals surface area contributed by atoms with E-state index in [0.717, 1.165) is 23.5 Å². The third kappa shape index (κ3) is 4.26. The molecule has 1 aliphatic rings. The third-order valence-electron chi connectivity index (χ3n) is 4.32. The Morgan fingerprint density at radius 2 is 1.95 bits per heavy atom. The van der Waals surface area contributed by atoms with Gasteiger partial charge < -0.3 is 10.4 Å². The van der Waals surface area contributed by atoms with Crippen molar-refractivity contribution in [1.82, 2.24) is 5.32 Å². The van der Waals surface area contributed by atoms with Crippen LogP contribution in [-0.2, 0) is 4.79 Å². The zero-order chi connectivity index (χ0) is 16.2. The maximum Gasteiger partial charge on any atom is 0.252 e. The number of hydrogen-bond donors (Lipinski definition) is 2. The number of aliphatic hydroxyl groups is 1. The molecule has 2 N–H and O–H groups in total. The normalized spacial score (nSPS) is 19.0. The van der Waals surface area contributed by atoms with Crippen molar-refractivity contribution in [1.29, 1.82) is 0 Å². The van der Waals surface area contributed by atoms with Gasteiger partial charge in [0.05, 0.1) is 6.04 Å². The van der Waals surface area contributed by atoms with Crippen molar-refractivity contribution in [3.63, 3.8) is 0 Å². The van der Waals surface area contributed by atoms with Gasteiger partial charge >= 0.3 is 0 Å². The van der Waals surface area contributed by atoms with Gasteiger partial charge in [0.2, 0.25) is 0 Å². The van der Waals surface area contributed by atoms with Gasteiger partial charge in [-0.05, 0) is 54.7 Å². The van der Waals surface area contributed by atoms with Crippen LogP contribution in [0.4, 0.5) is 0 Å². The minimum Gasteiger partial charge on any atom is -0.380 e. The summed E-state index contributed by atoms with van der Waals surface area (Å²) in [6, 6.07) is 8.13. The molecular formula is C18H27NO2S. The molecule has 0 aliphatic carbocycles. The zero-order valence-electron chi connectivity index (χ0n) is 13.8. The molecule has 4 heteroatoms. The van der Waals surface area contributed by atoms with E-state index in [9.17, 15) is 9.90 Å². The summed E-state index contributed by atoms with van der Waals surface area (Å²) in [6.45, 7) is 6.38. The molecule has 1 atom stereocenters. The van der Waals surface area contributed by atoms with Crippen molar-refractivity contribution in [3.8, 4) is 0 Å². The van der Waals surface area contributed by atoms with Crippen LogP contribution < -0.4 is 5.32 Å². The molecule has 1 amide bonds. The number of aryl methyl sites for hydroxylation is 1. The molecule has 1 aromatic rings. The molecule has 1 fully saturated rings. The second-order valence-corrected chi connectivity index (χ2v) is 7.88. The fraction of sp³-hybridized carbons (Fsp3) is 0.611. The lowest BCUT2D eigenvalue weighted by Gasteiger charge is -2.33. The van der Waals surface area contributed by atoms with Crippen molar-refractivity contribution in [2.45, 2.75) is 51.7 Å². The van der Waals surface area contributed by atoms with Crippen LogP contribution in [0.1, 0.15) is 50.3 Å². The molecular weight excluding hydrogens is 294 g/mol. The van der Waals surface area contributed by atoms with Crippen molar-refractivity contribution in [2.75, 3.05) is 11.5 Å². The molecule has 22 heavy (non-hydrogen) atoms. The summed E-state index contributed by atoms with van der Waals surface area (Å²) < 4.78 is 0. The summed E-state index contributed by atoms with van der Waals surface area (Å²) in [7, 11) is 0. The molecule has 0 spiro atoms. The van der Waals surface area contributed by atoms with Crippen molar-refractivity contribution in [3.05, 3.63) is 35.4 Å². The molecule has 1 saturated heterocycles. The molecule has 0 unspecified atom stereocenters. The molecule has 0 saturated carbocycles. The van der Waals surface area contributed by atoms with Gasteiger partial charge in [0, 0.05) is 0 Å². The van der Waals surface area contributed by atoms with E-state index in [1.54, 1.807) is 11.8 Å². The molecule has 0 radical (unpaired) electrons. The number of nitrogens with one attached hydrogen (secondary N) is 1. The second-order valence-electron chi connectivity index (χ2n) is 6.66. The highest BCUT2D eigenvalue weighted by atomic mass is 32.2. The van der Waals surface area contributed by atoms with E-state index in [2.05, 4.69) is 38.2 Å². The van der Waals surface area contributed by atoms with Gasteiger partial charge in [-0.1, -0.05) is 38.1 Å². The van der Waals surface area contributed by atoms with Crippen molar-refractivity contribution >= 4 is 17.7 Å². The van der Waals surface area contributed by atoms with Crippen LogP contribution in [0.3, 0.4) is 0 Å². The first kappa shape index (κ1) is 17.4. The lowest BCUT2D eigenvalue weighted by Crippen LogP contribution is -2.50. The first-order valence-corrected chi connectivity index (χ1v) is 9.24. The predicted molar refractivity (Wildman–Crippen MR) is 93.0 cm³/mol. The highest BCUT2D eigenvalue weighted by molar-refractivity contribution is 7.99. The Morgan fingerprint density at radius 3 is 2.55 bits per heavy atom. The lowest BCUT2D eigenvalue weighted by atomic mass is 9.91. The number of amides is 1. The Morgan fingerprint density at radius 1 is 1.32 bits per heavy atom. The topological polar surface area (TPSA) is 49.3 Å². The molecule has 1 aliphatic heterocycles. The average Bonchev–Trinajstić information content (AvgIpc) is 2.47. The average molecular weight is 321 g/mol. The highest BCUT2D eigenvalue weighted by Crippen LogP contribution is 2.30. The van der Waals surface area contributed by atoms with Crippen LogP contribution in [0.15, 0.2) is 24.3 Å². The number of carbonyl (C=O) groups is 1. The summed E-state index contributed by atoms with van der Waals surface area (Å²) in [5.74, 6) is 1.97. The SMILES string of the molecule is Cc1ccccc1[C@@H](CC(C)C)NC(=O)C1(O)CCSCC1. The molecule has 0 bridgehead atoms. The number of hydrogen-bond acceptors (Lipinski definition) is 3. The van der Waals surface area contributed by atoms with Crippen molar-refractivity contribution < 1.29 is 9.90 Å².